The van der Waals surface area contributed by atoms with E-state index >= 15 is 0 Å². The molecule has 60 valence electrons. The maximum atomic E-state index is 12.7. The molecule has 0 fully saturated rings. The molecule has 0 saturated carbocycles. The SMILES string of the molecule is CCCc1ccc(F)c(Br)c1. The zero-order chi connectivity index (χ0) is 8.27. The second-order valence-corrected chi connectivity index (χ2v) is 3.35. The Labute approximate surface area is 74.6 Å². The molecule has 1 rings (SSSR count). The minimum atomic E-state index is -0.190. The van der Waals surface area contributed by atoms with Gasteiger partial charge in [-0.3, -0.25) is 0 Å². The molecule has 0 unspecified atom stereocenters. The van der Waals surface area contributed by atoms with Gasteiger partial charge in [-0.25, -0.2) is 4.39 Å². The highest BCUT2D eigenvalue weighted by Crippen LogP contribution is 2.17. The molecule has 0 nitrogen and oxygen atoms in total. The van der Waals surface area contributed by atoms with E-state index in [1.807, 2.05) is 12.1 Å². The van der Waals surface area contributed by atoms with Crippen LogP contribution in [-0.2, 0) is 6.42 Å². The van der Waals surface area contributed by atoms with Crippen LogP contribution in [0.2, 0.25) is 0 Å². The van der Waals surface area contributed by atoms with Gasteiger partial charge in [0.25, 0.3) is 0 Å². The smallest absolute Gasteiger partial charge is 0.137 e. The Hall–Kier alpha value is -0.370. The molecule has 0 aliphatic heterocycles. The molecule has 0 amide bonds. The average molecular weight is 217 g/mol. The van der Waals surface area contributed by atoms with Gasteiger partial charge in [0, 0.05) is 0 Å². The van der Waals surface area contributed by atoms with Gasteiger partial charge >= 0.3 is 0 Å². The second kappa shape index (κ2) is 3.86. The van der Waals surface area contributed by atoms with E-state index in [1.54, 1.807) is 0 Å². The zero-order valence-electron chi connectivity index (χ0n) is 6.40. The van der Waals surface area contributed by atoms with Gasteiger partial charge in [-0.05, 0) is 40.0 Å². The van der Waals surface area contributed by atoms with Gasteiger partial charge in [-0.1, -0.05) is 19.4 Å². The van der Waals surface area contributed by atoms with Crippen molar-refractivity contribution in [2.45, 2.75) is 19.8 Å². The molecule has 0 saturated heterocycles. The van der Waals surface area contributed by atoms with Crippen LogP contribution in [0.15, 0.2) is 22.7 Å². The fraction of sp³-hybridized carbons (Fsp3) is 0.333. The van der Waals surface area contributed by atoms with Crippen molar-refractivity contribution in [2.24, 2.45) is 0 Å². The summed E-state index contributed by atoms with van der Waals surface area (Å²) >= 11 is 3.14. The van der Waals surface area contributed by atoms with E-state index in [-0.39, 0.29) is 5.82 Å². The molecule has 0 N–H and O–H groups in total. The van der Waals surface area contributed by atoms with E-state index in [4.69, 9.17) is 0 Å². The first kappa shape index (κ1) is 8.72. The molecule has 0 spiro atoms. The lowest BCUT2D eigenvalue weighted by molar-refractivity contribution is 0.620. The molecule has 1 aromatic rings. The number of benzene rings is 1. The van der Waals surface area contributed by atoms with Gasteiger partial charge in [0.05, 0.1) is 4.47 Å². The van der Waals surface area contributed by atoms with Crippen LogP contribution in [0.1, 0.15) is 18.9 Å². The molecule has 1 aromatic carbocycles. The average Bonchev–Trinajstić information content (AvgIpc) is 1.98. The third-order valence-electron chi connectivity index (χ3n) is 1.52. The minimum Gasteiger partial charge on any atom is -0.206 e. The lowest BCUT2D eigenvalue weighted by Gasteiger charge is -1.99. The number of halogens is 2. The Balaban J connectivity index is 2.86. The van der Waals surface area contributed by atoms with E-state index in [9.17, 15) is 4.39 Å². The van der Waals surface area contributed by atoms with Gasteiger partial charge in [-0.15, -0.1) is 0 Å². The first-order valence-electron chi connectivity index (χ1n) is 3.68. The summed E-state index contributed by atoms with van der Waals surface area (Å²) in [5, 5.41) is 0. The molecular formula is C9H10BrF. The summed E-state index contributed by atoms with van der Waals surface area (Å²) < 4.78 is 13.3. The third kappa shape index (κ3) is 2.29. The largest absolute Gasteiger partial charge is 0.206 e. The van der Waals surface area contributed by atoms with Crippen molar-refractivity contribution in [3.63, 3.8) is 0 Å². The second-order valence-electron chi connectivity index (χ2n) is 2.50. The molecule has 0 aromatic heterocycles. The summed E-state index contributed by atoms with van der Waals surface area (Å²) in [4.78, 5) is 0. The minimum absolute atomic E-state index is 0.190. The summed E-state index contributed by atoms with van der Waals surface area (Å²) in [7, 11) is 0. The zero-order valence-corrected chi connectivity index (χ0v) is 7.99. The van der Waals surface area contributed by atoms with Crippen molar-refractivity contribution in [1.29, 1.82) is 0 Å². The maximum absolute atomic E-state index is 12.7. The number of hydrogen-bond donors (Lipinski definition) is 0. The topological polar surface area (TPSA) is 0 Å². The van der Waals surface area contributed by atoms with Crippen molar-refractivity contribution >= 4 is 15.9 Å². The first-order chi connectivity index (χ1) is 5.24. The molecule has 0 atom stereocenters. The van der Waals surface area contributed by atoms with E-state index in [1.165, 1.54) is 11.6 Å². The Morgan fingerprint density at radius 3 is 2.73 bits per heavy atom. The van der Waals surface area contributed by atoms with Crippen molar-refractivity contribution in [3.05, 3.63) is 34.1 Å². The Bertz CT molecular complexity index is 245. The van der Waals surface area contributed by atoms with Gasteiger partial charge in [-0.2, -0.15) is 0 Å². The molecule has 2 heteroatoms. The van der Waals surface area contributed by atoms with Gasteiger partial charge < -0.3 is 0 Å². The summed E-state index contributed by atoms with van der Waals surface area (Å²) in [6.45, 7) is 2.11. The van der Waals surface area contributed by atoms with Gasteiger partial charge in [0.2, 0.25) is 0 Å². The van der Waals surface area contributed by atoms with Gasteiger partial charge in [0.1, 0.15) is 5.82 Å². The van der Waals surface area contributed by atoms with E-state index in [0.717, 1.165) is 12.8 Å². The molecule has 0 aliphatic rings. The Kier molecular flexibility index (Phi) is 3.06. The molecular weight excluding hydrogens is 207 g/mol. The van der Waals surface area contributed by atoms with E-state index in [2.05, 4.69) is 22.9 Å². The van der Waals surface area contributed by atoms with Crippen LogP contribution in [0.5, 0.6) is 0 Å². The van der Waals surface area contributed by atoms with Crippen LogP contribution in [0.4, 0.5) is 4.39 Å². The fourth-order valence-electron chi connectivity index (χ4n) is 0.984. The van der Waals surface area contributed by atoms with Crippen molar-refractivity contribution in [2.75, 3.05) is 0 Å². The standard InChI is InChI=1S/C9H10BrF/c1-2-3-7-4-5-9(11)8(10)6-7/h4-6H,2-3H2,1H3. The summed E-state index contributed by atoms with van der Waals surface area (Å²) in [5.74, 6) is -0.190. The first-order valence-corrected chi connectivity index (χ1v) is 4.47. The predicted octanol–water partition coefficient (Wildman–Crippen LogP) is 3.54. The van der Waals surface area contributed by atoms with Crippen LogP contribution in [-0.4, -0.2) is 0 Å². The third-order valence-corrected chi connectivity index (χ3v) is 2.13. The maximum Gasteiger partial charge on any atom is 0.137 e. The quantitative estimate of drug-likeness (QED) is 0.710. The van der Waals surface area contributed by atoms with Crippen molar-refractivity contribution in [1.82, 2.24) is 0 Å². The van der Waals surface area contributed by atoms with Crippen LogP contribution in [0, 0.1) is 5.82 Å². The summed E-state index contributed by atoms with van der Waals surface area (Å²) in [6.07, 6.45) is 2.11. The predicted molar refractivity (Wildman–Crippen MR) is 48.1 cm³/mol. The van der Waals surface area contributed by atoms with E-state index < -0.39 is 0 Å². The normalized spacial score (nSPS) is 10.1. The molecule has 11 heavy (non-hydrogen) atoms. The Morgan fingerprint density at radius 2 is 2.18 bits per heavy atom. The number of hydrogen-bond acceptors (Lipinski definition) is 0. The monoisotopic (exact) mass is 216 g/mol. The fourth-order valence-corrected chi connectivity index (χ4v) is 1.41. The highest BCUT2D eigenvalue weighted by molar-refractivity contribution is 9.10. The van der Waals surface area contributed by atoms with Crippen LogP contribution in [0.3, 0.4) is 0 Å². The molecule has 0 bridgehead atoms. The highest BCUT2D eigenvalue weighted by Gasteiger charge is 1.98. The number of aryl methyl sites for hydroxylation is 1. The summed E-state index contributed by atoms with van der Waals surface area (Å²) in [6, 6.07) is 5.15. The molecule has 0 heterocycles. The van der Waals surface area contributed by atoms with Gasteiger partial charge in [0.15, 0.2) is 0 Å². The molecule has 0 aliphatic carbocycles. The van der Waals surface area contributed by atoms with Crippen LogP contribution in [0.25, 0.3) is 0 Å². The summed E-state index contributed by atoms with van der Waals surface area (Å²) in [5.41, 5.74) is 1.18. The van der Waals surface area contributed by atoms with Crippen molar-refractivity contribution in [3.8, 4) is 0 Å². The van der Waals surface area contributed by atoms with Crippen LogP contribution >= 0.6 is 15.9 Å². The lowest BCUT2D eigenvalue weighted by Crippen LogP contribution is -1.84. The number of rotatable bonds is 2. The Morgan fingerprint density at radius 1 is 1.45 bits per heavy atom. The van der Waals surface area contributed by atoms with Crippen molar-refractivity contribution < 1.29 is 4.39 Å². The lowest BCUT2D eigenvalue weighted by atomic mass is 10.1. The molecule has 0 radical (unpaired) electrons. The van der Waals surface area contributed by atoms with E-state index in [0.29, 0.717) is 4.47 Å². The van der Waals surface area contributed by atoms with Crippen LogP contribution < -0.4 is 0 Å². The highest BCUT2D eigenvalue weighted by atomic mass is 79.9.